The van der Waals surface area contributed by atoms with Crippen molar-refractivity contribution in [1.29, 1.82) is 0 Å². The van der Waals surface area contributed by atoms with Crippen molar-refractivity contribution >= 4 is 40.5 Å². The van der Waals surface area contributed by atoms with E-state index < -0.39 is 35.0 Å². The summed E-state index contributed by atoms with van der Waals surface area (Å²) in [6, 6.07) is 6.83. The first-order valence-electron chi connectivity index (χ1n) is 13.3. The van der Waals surface area contributed by atoms with Crippen LogP contribution in [0.2, 0.25) is 0 Å². The number of amides is 2. The van der Waals surface area contributed by atoms with Crippen molar-refractivity contribution in [2.45, 2.75) is 51.3 Å². The number of benzene rings is 1. The highest BCUT2D eigenvalue weighted by atomic mass is 19.1. The van der Waals surface area contributed by atoms with E-state index in [1.165, 1.54) is 13.1 Å². The highest BCUT2D eigenvalue weighted by molar-refractivity contribution is 5.92. The van der Waals surface area contributed by atoms with Gasteiger partial charge in [0.2, 0.25) is 11.3 Å². The number of aromatic carboxylic acids is 1. The second-order valence-corrected chi connectivity index (χ2v) is 10.5. The van der Waals surface area contributed by atoms with Gasteiger partial charge in [0.05, 0.1) is 18.5 Å². The fourth-order valence-corrected chi connectivity index (χ4v) is 5.43. The summed E-state index contributed by atoms with van der Waals surface area (Å²) in [5, 5.41) is 12.1. The third kappa shape index (κ3) is 4.74. The molecule has 1 aliphatic carbocycles. The maximum atomic E-state index is 15.5. The maximum Gasteiger partial charge on any atom is 0.414 e. The number of carbonyl (C=O) groups excluding carboxylic acids is 2. The third-order valence-corrected chi connectivity index (χ3v) is 7.60. The molecule has 1 saturated heterocycles. The Morgan fingerprint density at radius 2 is 2.00 bits per heavy atom. The predicted molar refractivity (Wildman–Crippen MR) is 143 cm³/mol. The minimum atomic E-state index is -1.35. The van der Waals surface area contributed by atoms with Gasteiger partial charge in [-0.25, -0.2) is 19.0 Å². The van der Waals surface area contributed by atoms with E-state index in [9.17, 15) is 24.3 Å². The molecule has 0 radical (unpaired) electrons. The van der Waals surface area contributed by atoms with E-state index in [0.29, 0.717) is 38.2 Å². The Labute approximate surface area is 228 Å². The predicted octanol–water partition coefficient (Wildman–Crippen LogP) is 2.98. The molecule has 2 aromatic heterocycles. The molecule has 4 heterocycles. The SMILES string of the molecule is CC(=O)NC[C@H]1CN(c2ccc3c(c2)CCCN(c2nc4c(cc2F)c(=O)c(C(=O)O)cn4C2CC2)C3)C(=O)O1. The summed E-state index contributed by atoms with van der Waals surface area (Å²) in [5.41, 5.74) is 1.84. The lowest BCUT2D eigenvalue weighted by molar-refractivity contribution is -0.119. The van der Waals surface area contributed by atoms with E-state index in [2.05, 4.69) is 10.3 Å². The van der Waals surface area contributed by atoms with Gasteiger partial charge in [0.25, 0.3) is 0 Å². The zero-order valence-corrected chi connectivity index (χ0v) is 21.9. The van der Waals surface area contributed by atoms with Gasteiger partial charge in [-0.3, -0.25) is 14.5 Å². The molecule has 208 valence electrons. The number of hydrogen-bond acceptors (Lipinski definition) is 7. The van der Waals surface area contributed by atoms with Gasteiger partial charge < -0.3 is 24.6 Å². The number of nitrogens with zero attached hydrogens (tertiary/aromatic N) is 4. The molecule has 11 nitrogen and oxygen atoms in total. The summed E-state index contributed by atoms with van der Waals surface area (Å²) >= 11 is 0. The number of pyridine rings is 2. The Balaban J connectivity index is 1.29. The fourth-order valence-electron chi connectivity index (χ4n) is 5.43. The molecular formula is C28H28FN5O6. The van der Waals surface area contributed by atoms with Gasteiger partial charge >= 0.3 is 12.1 Å². The average Bonchev–Trinajstić information content (AvgIpc) is 3.71. The second-order valence-electron chi connectivity index (χ2n) is 10.5. The Morgan fingerprint density at radius 3 is 2.73 bits per heavy atom. The molecule has 0 unspecified atom stereocenters. The minimum absolute atomic E-state index is 0.0328. The second kappa shape index (κ2) is 9.92. The summed E-state index contributed by atoms with van der Waals surface area (Å²) < 4.78 is 22.5. The molecule has 2 N–H and O–H groups in total. The van der Waals surface area contributed by atoms with Crippen LogP contribution in [0.3, 0.4) is 0 Å². The highest BCUT2D eigenvalue weighted by Crippen LogP contribution is 2.37. The lowest BCUT2D eigenvalue weighted by Crippen LogP contribution is -2.33. The number of nitrogens with one attached hydrogen (secondary N) is 1. The van der Waals surface area contributed by atoms with Crippen molar-refractivity contribution < 1.29 is 28.6 Å². The quantitative estimate of drug-likeness (QED) is 0.479. The van der Waals surface area contributed by atoms with Gasteiger partial charge in [-0.05, 0) is 55.0 Å². The van der Waals surface area contributed by atoms with E-state index in [-0.39, 0.29) is 35.3 Å². The standard InChI is InChI=1S/C28H28FN5O6/c1-15(35)30-11-20-13-34(28(39)40-20)19-5-4-17-12-32(8-2-3-16(17)9-19)26-23(29)10-21-24(36)22(27(37)38)14-33(18-6-7-18)25(21)31-26/h4-5,9-10,14,18,20H,2-3,6-8,11-13H2,1H3,(H,30,35)(H,37,38)/t20-/m0/s1. The number of cyclic esters (lactones) is 1. The number of anilines is 2. The summed E-state index contributed by atoms with van der Waals surface area (Å²) in [5.74, 6) is -2.10. The first-order chi connectivity index (χ1) is 19.2. The van der Waals surface area contributed by atoms with Crippen molar-refractivity contribution in [3.63, 3.8) is 0 Å². The molecule has 0 bridgehead atoms. The van der Waals surface area contributed by atoms with Gasteiger partial charge in [-0.2, -0.15) is 0 Å². The van der Waals surface area contributed by atoms with E-state index in [1.54, 1.807) is 9.47 Å². The molecule has 40 heavy (non-hydrogen) atoms. The molecule has 3 aliphatic rings. The Morgan fingerprint density at radius 1 is 1.20 bits per heavy atom. The van der Waals surface area contributed by atoms with Gasteiger partial charge in [0.1, 0.15) is 17.3 Å². The molecule has 1 aromatic carbocycles. The number of carbonyl (C=O) groups is 3. The molecule has 2 fully saturated rings. The summed E-state index contributed by atoms with van der Waals surface area (Å²) in [6.07, 6.45) is 3.50. The summed E-state index contributed by atoms with van der Waals surface area (Å²) in [7, 11) is 0. The van der Waals surface area contributed by atoms with Crippen LogP contribution in [0.4, 0.5) is 20.7 Å². The van der Waals surface area contributed by atoms with E-state index in [1.807, 2.05) is 23.1 Å². The Bertz CT molecular complexity index is 1620. The van der Waals surface area contributed by atoms with Gasteiger partial charge in [-0.1, -0.05) is 6.07 Å². The van der Waals surface area contributed by atoms with Crippen LogP contribution < -0.4 is 20.5 Å². The number of ether oxygens (including phenoxy) is 1. The Hall–Kier alpha value is -4.48. The molecule has 2 aliphatic heterocycles. The first kappa shape index (κ1) is 25.8. The number of carboxylic acid groups (broad SMARTS) is 1. The number of halogens is 1. The molecule has 1 atom stereocenters. The van der Waals surface area contributed by atoms with Crippen molar-refractivity contribution in [2.24, 2.45) is 0 Å². The van der Waals surface area contributed by atoms with E-state index in [0.717, 1.165) is 30.0 Å². The van der Waals surface area contributed by atoms with Crippen LogP contribution in [-0.4, -0.2) is 58.4 Å². The Kier molecular flexibility index (Phi) is 6.40. The first-order valence-corrected chi connectivity index (χ1v) is 13.3. The van der Waals surface area contributed by atoms with Crippen molar-refractivity contribution in [2.75, 3.05) is 29.4 Å². The topological polar surface area (TPSA) is 134 Å². The molecule has 1 saturated carbocycles. The average molecular weight is 550 g/mol. The van der Waals surface area contributed by atoms with Crippen LogP contribution in [-0.2, 0) is 22.5 Å². The molecule has 12 heteroatoms. The van der Waals surface area contributed by atoms with Crippen molar-refractivity contribution in [3.8, 4) is 0 Å². The zero-order valence-electron chi connectivity index (χ0n) is 21.9. The zero-order chi connectivity index (χ0) is 28.1. The summed E-state index contributed by atoms with van der Waals surface area (Å²) in [4.78, 5) is 56.1. The largest absolute Gasteiger partial charge is 0.477 e. The van der Waals surface area contributed by atoms with Crippen LogP contribution in [0.15, 0.2) is 35.3 Å². The van der Waals surface area contributed by atoms with Crippen LogP contribution >= 0.6 is 0 Å². The normalized spacial score (nSPS) is 18.9. The van der Waals surface area contributed by atoms with Crippen LogP contribution in [0.25, 0.3) is 11.0 Å². The number of rotatable bonds is 6. The fraction of sp³-hybridized carbons (Fsp3) is 0.393. The van der Waals surface area contributed by atoms with Gasteiger partial charge in [-0.15, -0.1) is 0 Å². The number of fused-ring (bicyclic) bond motifs is 2. The van der Waals surface area contributed by atoms with Crippen molar-refractivity contribution in [3.05, 3.63) is 63.2 Å². The number of aromatic nitrogens is 2. The van der Waals surface area contributed by atoms with E-state index >= 15 is 4.39 Å². The molecule has 3 aromatic rings. The van der Waals surface area contributed by atoms with Crippen LogP contribution in [0.5, 0.6) is 0 Å². The summed E-state index contributed by atoms with van der Waals surface area (Å²) in [6.45, 7) is 2.87. The van der Waals surface area contributed by atoms with Crippen molar-refractivity contribution in [1.82, 2.24) is 14.9 Å². The lowest BCUT2D eigenvalue weighted by atomic mass is 10.0. The van der Waals surface area contributed by atoms with Gasteiger partial charge in [0.15, 0.2) is 11.6 Å². The molecule has 2 amide bonds. The molecular weight excluding hydrogens is 521 g/mol. The van der Waals surface area contributed by atoms with Gasteiger partial charge in [0, 0.05) is 37.9 Å². The number of aryl methyl sites for hydroxylation is 1. The van der Waals surface area contributed by atoms with E-state index in [4.69, 9.17) is 4.74 Å². The third-order valence-electron chi connectivity index (χ3n) is 7.60. The lowest BCUT2D eigenvalue weighted by Gasteiger charge is -2.24. The molecule has 6 rings (SSSR count). The highest BCUT2D eigenvalue weighted by Gasteiger charge is 2.33. The van der Waals surface area contributed by atoms with Crippen LogP contribution in [0, 0.1) is 5.82 Å². The smallest absolute Gasteiger partial charge is 0.414 e. The molecule has 0 spiro atoms. The number of hydrogen-bond donors (Lipinski definition) is 2. The minimum Gasteiger partial charge on any atom is -0.477 e. The number of carboxylic acids is 1. The monoisotopic (exact) mass is 549 g/mol. The maximum absolute atomic E-state index is 15.5. The van der Waals surface area contributed by atoms with Crippen LogP contribution in [0.1, 0.15) is 53.7 Å².